The number of benzene rings is 1. The van der Waals surface area contributed by atoms with Gasteiger partial charge < -0.3 is 10.1 Å². The van der Waals surface area contributed by atoms with Crippen LogP contribution in [0, 0.1) is 16.7 Å². The van der Waals surface area contributed by atoms with Crippen molar-refractivity contribution in [1.82, 2.24) is 5.32 Å². The predicted molar refractivity (Wildman–Crippen MR) is 80.9 cm³/mol. The Balaban J connectivity index is 1.75. The van der Waals surface area contributed by atoms with Gasteiger partial charge in [-0.15, -0.1) is 0 Å². The van der Waals surface area contributed by atoms with Gasteiger partial charge in [0.2, 0.25) is 0 Å². The molecule has 4 heteroatoms. The van der Waals surface area contributed by atoms with Crippen molar-refractivity contribution in [3.05, 3.63) is 29.8 Å². The van der Waals surface area contributed by atoms with Crippen LogP contribution in [0.5, 0.6) is 5.75 Å². The quantitative estimate of drug-likeness (QED) is 0.874. The Morgan fingerprint density at radius 2 is 2.00 bits per heavy atom. The van der Waals surface area contributed by atoms with E-state index in [0.717, 1.165) is 13.0 Å². The predicted octanol–water partition coefficient (Wildman–Crippen LogP) is 3.02. The van der Waals surface area contributed by atoms with Crippen LogP contribution in [-0.4, -0.2) is 19.1 Å². The van der Waals surface area contributed by atoms with Gasteiger partial charge in [0.05, 0.1) is 11.6 Å². The molecule has 0 spiro atoms. The summed E-state index contributed by atoms with van der Waals surface area (Å²) in [6.07, 6.45) is 6.07. The van der Waals surface area contributed by atoms with Crippen molar-refractivity contribution in [3.63, 3.8) is 0 Å². The van der Waals surface area contributed by atoms with Gasteiger partial charge in [-0.25, -0.2) is 0 Å². The van der Waals surface area contributed by atoms with Crippen LogP contribution in [-0.2, 0) is 4.79 Å². The van der Waals surface area contributed by atoms with E-state index in [-0.39, 0.29) is 12.5 Å². The van der Waals surface area contributed by atoms with E-state index in [1.807, 2.05) is 6.07 Å². The second-order valence-corrected chi connectivity index (χ2v) is 5.76. The normalized spacial score (nSPS) is 16.2. The van der Waals surface area contributed by atoms with E-state index >= 15 is 0 Å². The van der Waals surface area contributed by atoms with Crippen LogP contribution in [0.25, 0.3) is 0 Å². The lowest BCUT2D eigenvalue weighted by Crippen LogP contribution is -2.38. The molecule has 4 nitrogen and oxygen atoms in total. The highest BCUT2D eigenvalue weighted by molar-refractivity contribution is 5.77. The molecule has 1 aliphatic rings. The first-order valence-electron chi connectivity index (χ1n) is 7.57. The lowest BCUT2D eigenvalue weighted by atomic mass is 9.83. The molecule has 1 aliphatic carbocycles. The van der Waals surface area contributed by atoms with Gasteiger partial charge in [0.1, 0.15) is 5.75 Å². The summed E-state index contributed by atoms with van der Waals surface area (Å²) < 4.78 is 5.43. The average molecular weight is 286 g/mol. The van der Waals surface area contributed by atoms with Crippen molar-refractivity contribution in [2.45, 2.75) is 39.0 Å². The maximum atomic E-state index is 11.9. The number of nitrogens with zero attached hydrogens (tertiary/aromatic N) is 1. The number of amides is 1. The molecule has 0 atom stereocenters. The highest BCUT2D eigenvalue weighted by atomic mass is 16.5. The first kappa shape index (κ1) is 15.4. The summed E-state index contributed by atoms with van der Waals surface area (Å²) in [6, 6.07) is 8.81. The first-order valence-corrected chi connectivity index (χ1v) is 7.57. The lowest BCUT2D eigenvalue weighted by Gasteiger charge is -2.27. The van der Waals surface area contributed by atoms with Crippen molar-refractivity contribution < 1.29 is 9.53 Å². The topological polar surface area (TPSA) is 62.1 Å². The van der Waals surface area contributed by atoms with Gasteiger partial charge in [0.25, 0.3) is 5.91 Å². The number of carbonyl (C=O) groups excluding carboxylic acids is 1. The first-order chi connectivity index (χ1) is 10.2. The number of rotatable bonds is 6. The molecule has 2 rings (SSSR count). The Bertz CT molecular complexity index is 511. The molecule has 112 valence electrons. The van der Waals surface area contributed by atoms with Crippen molar-refractivity contribution >= 4 is 5.91 Å². The second kappa shape index (κ2) is 7.12. The zero-order valence-corrected chi connectivity index (χ0v) is 12.5. The molecule has 1 N–H and O–H groups in total. The van der Waals surface area contributed by atoms with E-state index in [0.29, 0.717) is 16.7 Å². The van der Waals surface area contributed by atoms with Crippen LogP contribution in [0.1, 0.15) is 44.6 Å². The summed E-state index contributed by atoms with van der Waals surface area (Å²) in [7, 11) is 0. The smallest absolute Gasteiger partial charge is 0.257 e. The third kappa shape index (κ3) is 4.22. The number of nitriles is 1. The molecule has 0 aromatic heterocycles. The van der Waals surface area contributed by atoms with Gasteiger partial charge in [-0.05, 0) is 48.9 Å². The number of ether oxygens (including phenoxy) is 1. The average Bonchev–Trinajstić information content (AvgIpc) is 3.01. The Morgan fingerprint density at radius 3 is 2.57 bits per heavy atom. The van der Waals surface area contributed by atoms with Crippen molar-refractivity contribution in [2.75, 3.05) is 13.2 Å². The summed E-state index contributed by atoms with van der Waals surface area (Å²) in [5.41, 5.74) is 0.877. The van der Waals surface area contributed by atoms with Crippen LogP contribution < -0.4 is 10.1 Å². The summed E-state index contributed by atoms with van der Waals surface area (Å²) in [5.74, 6) is 0.523. The zero-order chi connectivity index (χ0) is 15.1. The fraction of sp³-hybridized carbons (Fsp3) is 0.529. The minimum Gasteiger partial charge on any atom is -0.484 e. The molecule has 0 saturated heterocycles. The Morgan fingerprint density at radius 1 is 1.33 bits per heavy atom. The van der Waals surface area contributed by atoms with Gasteiger partial charge in [-0.2, -0.15) is 5.26 Å². The molecule has 1 aromatic rings. The third-order valence-corrected chi connectivity index (χ3v) is 4.43. The second-order valence-electron chi connectivity index (χ2n) is 5.76. The molecular formula is C17H22N2O2. The molecule has 0 radical (unpaired) electrons. The van der Waals surface area contributed by atoms with E-state index in [1.54, 1.807) is 24.3 Å². The molecule has 0 heterocycles. The summed E-state index contributed by atoms with van der Waals surface area (Å²) >= 11 is 0. The molecule has 1 amide bonds. The molecule has 1 aromatic carbocycles. The van der Waals surface area contributed by atoms with E-state index in [4.69, 9.17) is 10.00 Å². The van der Waals surface area contributed by atoms with Gasteiger partial charge >= 0.3 is 0 Å². The van der Waals surface area contributed by atoms with E-state index in [9.17, 15) is 4.79 Å². The minimum absolute atomic E-state index is 0.0195. The van der Waals surface area contributed by atoms with Crippen LogP contribution in [0.3, 0.4) is 0 Å². The Labute approximate surface area is 126 Å². The summed E-state index contributed by atoms with van der Waals surface area (Å²) in [4.78, 5) is 11.9. The van der Waals surface area contributed by atoms with Crippen LogP contribution in [0.15, 0.2) is 24.3 Å². The zero-order valence-electron chi connectivity index (χ0n) is 12.5. The summed E-state index contributed by atoms with van der Waals surface area (Å²) in [6.45, 7) is 2.97. The number of hydrogen-bond donors (Lipinski definition) is 1. The number of carbonyl (C=O) groups is 1. The highest BCUT2D eigenvalue weighted by Gasteiger charge is 2.32. The standard InChI is InChI=1S/C17H22N2O2/c1-2-17(9-3-4-10-17)13-19-16(20)12-21-15-7-5-14(11-18)6-8-15/h5-8H,2-4,9-10,12-13H2,1H3,(H,19,20). The largest absolute Gasteiger partial charge is 0.484 e. The van der Waals surface area contributed by atoms with Gasteiger partial charge in [0.15, 0.2) is 6.61 Å². The van der Waals surface area contributed by atoms with Crippen LogP contribution >= 0.6 is 0 Å². The van der Waals surface area contributed by atoms with E-state index < -0.39 is 0 Å². The fourth-order valence-corrected chi connectivity index (χ4v) is 2.89. The summed E-state index contributed by atoms with van der Waals surface area (Å²) in [5, 5.41) is 11.7. The van der Waals surface area contributed by atoms with Crippen molar-refractivity contribution in [2.24, 2.45) is 5.41 Å². The van der Waals surface area contributed by atoms with Gasteiger partial charge in [-0.1, -0.05) is 19.8 Å². The highest BCUT2D eigenvalue weighted by Crippen LogP contribution is 2.40. The van der Waals surface area contributed by atoms with E-state index in [1.165, 1.54) is 25.7 Å². The van der Waals surface area contributed by atoms with Crippen molar-refractivity contribution in [3.8, 4) is 11.8 Å². The maximum Gasteiger partial charge on any atom is 0.257 e. The molecule has 0 unspecified atom stereocenters. The third-order valence-electron chi connectivity index (χ3n) is 4.43. The lowest BCUT2D eigenvalue weighted by molar-refractivity contribution is -0.123. The van der Waals surface area contributed by atoms with Crippen LogP contribution in [0.4, 0.5) is 0 Å². The van der Waals surface area contributed by atoms with Gasteiger partial charge in [-0.3, -0.25) is 4.79 Å². The number of hydrogen-bond acceptors (Lipinski definition) is 3. The molecule has 1 fully saturated rings. The molecule has 21 heavy (non-hydrogen) atoms. The van der Waals surface area contributed by atoms with Gasteiger partial charge in [0, 0.05) is 6.54 Å². The molecule has 1 saturated carbocycles. The number of nitrogens with one attached hydrogen (secondary N) is 1. The molecule has 0 aliphatic heterocycles. The molecular weight excluding hydrogens is 264 g/mol. The maximum absolute atomic E-state index is 11.9. The van der Waals surface area contributed by atoms with Crippen LogP contribution in [0.2, 0.25) is 0 Å². The molecule has 0 bridgehead atoms. The Hall–Kier alpha value is -2.02. The van der Waals surface area contributed by atoms with E-state index in [2.05, 4.69) is 12.2 Å². The monoisotopic (exact) mass is 286 g/mol. The Kier molecular flexibility index (Phi) is 5.21. The minimum atomic E-state index is -0.0842. The fourth-order valence-electron chi connectivity index (χ4n) is 2.89. The SMILES string of the molecule is CCC1(CNC(=O)COc2ccc(C#N)cc2)CCCC1. The van der Waals surface area contributed by atoms with Crippen molar-refractivity contribution in [1.29, 1.82) is 5.26 Å².